The number of rotatable bonds is 2. The van der Waals surface area contributed by atoms with Crippen LogP contribution in [-0.2, 0) is 36.7 Å². The van der Waals surface area contributed by atoms with Crippen molar-refractivity contribution in [2.75, 3.05) is 18.9 Å². The Kier molecular flexibility index (Phi) is 7.22. The summed E-state index contributed by atoms with van der Waals surface area (Å²) in [7, 11) is -10.2. The fourth-order valence-corrected chi connectivity index (χ4v) is 7.27. The lowest BCUT2D eigenvalue weighted by atomic mass is 10.1. The van der Waals surface area contributed by atoms with Crippen LogP contribution in [-0.4, -0.2) is 93.9 Å². The number of anilines is 1. The molecule has 3 aliphatic heterocycles. The number of aliphatic hydroxyl groups is 1. The summed E-state index contributed by atoms with van der Waals surface area (Å²) in [5.41, 5.74) is 5.60. The minimum Gasteiger partial charge on any atom is -0.387 e. The monoisotopic (exact) mass is 659 g/mol. The summed E-state index contributed by atoms with van der Waals surface area (Å²) in [5.74, 6) is -0.299. The van der Waals surface area contributed by atoms with Crippen LogP contribution in [0.1, 0.15) is 12.5 Å². The van der Waals surface area contributed by atoms with Crippen molar-refractivity contribution in [1.82, 2.24) is 29.1 Å². The van der Waals surface area contributed by atoms with E-state index >= 15 is 4.39 Å². The molecular weight excluding hydrogens is 635 g/mol. The van der Waals surface area contributed by atoms with Crippen LogP contribution >= 0.6 is 15.6 Å². The zero-order valence-corrected chi connectivity index (χ0v) is 23.9. The van der Waals surface area contributed by atoms with Gasteiger partial charge in [-0.1, -0.05) is 12.1 Å². The van der Waals surface area contributed by atoms with Gasteiger partial charge < -0.3 is 34.7 Å². The van der Waals surface area contributed by atoms with E-state index in [0.717, 1.165) is 10.9 Å². The van der Waals surface area contributed by atoms with E-state index in [1.807, 2.05) is 0 Å². The molecule has 3 aliphatic rings. The minimum absolute atomic E-state index is 0.172. The number of halogens is 1. The first-order chi connectivity index (χ1) is 20.9. The second kappa shape index (κ2) is 10.7. The lowest BCUT2D eigenvalue weighted by Gasteiger charge is -2.25. The fourth-order valence-electron chi connectivity index (χ4n) is 5.39. The van der Waals surface area contributed by atoms with Gasteiger partial charge in [0.15, 0.2) is 29.8 Å². The number of aromatic amines is 1. The number of ether oxygens (including phenoxy) is 2. The average molecular weight is 659 g/mol. The van der Waals surface area contributed by atoms with E-state index in [0.29, 0.717) is 11.0 Å². The van der Waals surface area contributed by atoms with Crippen molar-refractivity contribution in [3.05, 3.63) is 47.3 Å². The largest absolute Gasteiger partial charge is 0.472 e. The number of nitrogens with two attached hydrogens (primary N) is 1. The smallest absolute Gasteiger partial charge is 0.387 e. The highest BCUT2D eigenvalue weighted by Crippen LogP contribution is 2.54. The number of para-hydroxylation sites is 2. The number of imidazole rings is 2. The Hall–Kier alpha value is -3.13. The van der Waals surface area contributed by atoms with Crippen molar-refractivity contribution in [2.24, 2.45) is 0 Å². The molecule has 0 aliphatic carbocycles. The zero-order chi connectivity index (χ0) is 31.0. The number of hydrogen-bond donors (Lipinski definition) is 5. The Bertz CT molecular complexity index is 1890. The van der Waals surface area contributed by atoms with Crippen LogP contribution < -0.4 is 11.3 Å². The topological polar surface area (TPSA) is 258 Å². The molecule has 7 rings (SSSR count). The number of nitrogens with zero attached hydrogens (tertiary/aromatic N) is 5. The zero-order valence-electron chi connectivity index (χ0n) is 22.1. The maximum Gasteiger partial charge on any atom is 0.472 e. The van der Waals surface area contributed by atoms with E-state index in [9.17, 15) is 28.8 Å². The number of hydrogen-bond acceptors (Lipinski definition) is 14. The van der Waals surface area contributed by atoms with Crippen molar-refractivity contribution < 1.29 is 56.0 Å². The van der Waals surface area contributed by atoms with E-state index in [1.54, 1.807) is 24.3 Å². The van der Waals surface area contributed by atoms with Crippen molar-refractivity contribution in [2.45, 2.75) is 49.1 Å². The average Bonchev–Trinajstić information content (AvgIpc) is 3.72. The SMILES string of the molecule is Nc1nc2c(ncn2[C@@H]2O[C@@H]3COP(=O)(O)OC4[C@@H](O)[C@@H](COP(=O)(O)OC3[C@@H]2F)O[C@H]4n2cnc3ccccc32)c(=O)[nH]1. The molecule has 3 saturated heterocycles. The maximum absolute atomic E-state index is 15.9. The maximum atomic E-state index is 15.9. The first-order valence-corrected chi connectivity index (χ1v) is 16.0. The van der Waals surface area contributed by atoms with E-state index in [1.165, 1.54) is 10.9 Å². The summed E-state index contributed by atoms with van der Waals surface area (Å²) in [6, 6.07) is 6.85. The predicted octanol–water partition coefficient (Wildman–Crippen LogP) is 0.263. The van der Waals surface area contributed by atoms with Gasteiger partial charge in [0.25, 0.3) is 5.56 Å². The summed E-state index contributed by atoms with van der Waals surface area (Å²) in [6.45, 7) is -1.67. The summed E-state index contributed by atoms with van der Waals surface area (Å²) in [5, 5.41) is 11.0. The predicted molar refractivity (Wildman–Crippen MR) is 142 cm³/mol. The van der Waals surface area contributed by atoms with Crippen LogP contribution in [0.2, 0.25) is 0 Å². The Labute approximate surface area is 244 Å². The molecule has 3 fully saturated rings. The molecule has 4 aromatic rings. The number of H-pyrrole nitrogens is 1. The highest BCUT2D eigenvalue weighted by atomic mass is 31.2. The highest BCUT2D eigenvalue weighted by Gasteiger charge is 2.54. The Morgan fingerprint density at radius 2 is 1.61 bits per heavy atom. The van der Waals surface area contributed by atoms with Gasteiger partial charge in [0.05, 0.1) is 36.9 Å². The third kappa shape index (κ3) is 5.17. The Balaban J connectivity index is 1.20. The number of aliphatic hydroxyl groups excluding tert-OH is 1. The number of fused-ring (bicyclic) bond motifs is 5. The van der Waals surface area contributed by atoms with Crippen molar-refractivity contribution >= 4 is 43.8 Å². The summed E-state index contributed by atoms with van der Waals surface area (Å²) < 4.78 is 76.7. The van der Waals surface area contributed by atoms with Gasteiger partial charge in [0, 0.05) is 0 Å². The van der Waals surface area contributed by atoms with E-state index in [4.69, 9.17) is 33.3 Å². The molecule has 6 N–H and O–H groups in total. The van der Waals surface area contributed by atoms with Crippen molar-refractivity contribution in [3.63, 3.8) is 0 Å². The van der Waals surface area contributed by atoms with Crippen molar-refractivity contribution in [3.8, 4) is 0 Å². The van der Waals surface area contributed by atoms with Gasteiger partial charge in [-0.15, -0.1) is 0 Å². The molecule has 0 spiro atoms. The number of aromatic nitrogens is 6. The normalized spacial score (nSPS) is 38.3. The number of alkyl halides is 1. The second-order valence-electron chi connectivity index (χ2n) is 10.1. The van der Waals surface area contributed by atoms with Crippen LogP contribution in [0.3, 0.4) is 0 Å². The number of benzene rings is 1. The Morgan fingerprint density at radius 1 is 0.955 bits per heavy atom. The molecule has 2 bridgehead atoms. The molecule has 0 radical (unpaired) electrons. The number of nitrogen functional groups attached to an aromatic ring is 1. The first kappa shape index (κ1) is 29.6. The second-order valence-corrected chi connectivity index (χ2v) is 13.0. The third-order valence-electron chi connectivity index (χ3n) is 7.37. The number of phosphoric acid groups is 2. The first-order valence-electron chi connectivity index (χ1n) is 13.0. The van der Waals surface area contributed by atoms with Crippen molar-refractivity contribution in [1.29, 1.82) is 0 Å². The van der Waals surface area contributed by atoms with Crippen LogP contribution in [0.15, 0.2) is 41.7 Å². The molecule has 44 heavy (non-hydrogen) atoms. The molecule has 3 aromatic heterocycles. The van der Waals surface area contributed by atoms with Gasteiger partial charge in [0.1, 0.15) is 30.5 Å². The van der Waals surface area contributed by atoms with Crippen LogP contribution in [0.25, 0.3) is 22.2 Å². The van der Waals surface area contributed by atoms with Crippen LogP contribution in [0.4, 0.5) is 10.3 Å². The molecule has 6 heterocycles. The minimum atomic E-state index is -5.11. The lowest BCUT2D eigenvalue weighted by Crippen LogP contribution is -2.35. The standard InChI is InChI=1S/C22H24FN7O12P2/c23-13-16-12(40-20(13)30-8-26-14-18(30)27-22(24)28-19(14)32)6-38-44(35,36)42-17-15(31)11(5-37-43(33,34)41-16)39-21(17)29-7-25-9-3-1-2-4-10(9)29/h1-4,7-8,11-13,15-17,20-21,31H,5-6H2,(H,33,34)(H,35,36)(H3,24,27,28,32)/t11-,12-,13+,15+,16?,17?,20-,21-/m1/s1. The fraction of sp³-hybridized carbons (Fsp3) is 0.455. The molecule has 4 unspecified atom stereocenters. The quantitative estimate of drug-likeness (QED) is 0.181. The van der Waals surface area contributed by atoms with E-state index in [2.05, 4.69) is 19.9 Å². The summed E-state index contributed by atoms with van der Waals surface area (Å²) >= 11 is 0. The van der Waals surface area contributed by atoms with Crippen LogP contribution in [0.5, 0.6) is 0 Å². The molecule has 1 aromatic carbocycles. The number of phosphoric ester groups is 2. The van der Waals surface area contributed by atoms with Gasteiger partial charge >= 0.3 is 15.6 Å². The van der Waals surface area contributed by atoms with Gasteiger partial charge in [-0.3, -0.25) is 32.4 Å². The number of nitrogens with one attached hydrogen (secondary N) is 1. The summed E-state index contributed by atoms with van der Waals surface area (Å²) in [6.07, 6.45) is -10.9. The van der Waals surface area contributed by atoms with Gasteiger partial charge in [-0.2, -0.15) is 4.98 Å². The highest BCUT2D eigenvalue weighted by molar-refractivity contribution is 7.47. The molecule has 236 valence electrons. The molecule has 10 atom stereocenters. The molecule has 0 amide bonds. The molecule has 19 nitrogen and oxygen atoms in total. The van der Waals surface area contributed by atoms with Gasteiger partial charge in [-0.05, 0) is 12.1 Å². The molecular formula is C22H24FN7O12P2. The molecule has 22 heteroatoms. The third-order valence-corrected chi connectivity index (χ3v) is 9.34. The Morgan fingerprint density at radius 3 is 2.39 bits per heavy atom. The van der Waals surface area contributed by atoms with Gasteiger partial charge in [-0.25, -0.2) is 23.5 Å². The molecule has 0 saturated carbocycles. The summed E-state index contributed by atoms with van der Waals surface area (Å²) in [4.78, 5) is 47.7. The van der Waals surface area contributed by atoms with E-state index < -0.39 is 83.6 Å². The van der Waals surface area contributed by atoms with E-state index in [-0.39, 0.29) is 17.1 Å². The van der Waals surface area contributed by atoms with Gasteiger partial charge in [0.2, 0.25) is 5.95 Å². The lowest BCUT2D eigenvalue weighted by molar-refractivity contribution is -0.0669. The van der Waals surface area contributed by atoms with Crippen LogP contribution in [0, 0.1) is 0 Å².